The van der Waals surface area contributed by atoms with Crippen LogP contribution in [0, 0.1) is 6.92 Å². The molecule has 0 bridgehead atoms. The Morgan fingerprint density at radius 3 is 2.66 bits per heavy atom. The summed E-state index contributed by atoms with van der Waals surface area (Å²) in [6, 6.07) is 11.0. The van der Waals surface area contributed by atoms with E-state index in [0.717, 1.165) is 37.1 Å². The zero-order chi connectivity index (χ0) is 21.7. The van der Waals surface area contributed by atoms with Gasteiger partial charge in [0.25, 0.3) is 0 Å². The number of halogens is 1. The van der Waals surface area contributed by atoms with E-state index in [2.05, 4.69) is 52.0 Å². The minimum atomic E-state index is 0. The van der Waals surface area contributed by atoms with Crippen molar-refractivity contribution >= 4 is 29.9 Å². The molecule has 1 aliphatic carbocycles. The summed E-state index contributed by atoms with van der Waals surface area (Å²) in [5.74, 6) is 2.59. The Morgan fingerprint density at radius 1 is 1.22 bits per heavy atom. The fourth-order valence-corrected chi connectivity index (χ4v) is 4.79. The number of aryl methyl sites for hydroxylation is 1. The molecule has 8 heteroatoms. The average Bonchev–Trinajstić information content (AvgIpc) is 3.11. The molecule has 176 valence electrons. The van der Waals surface area contributed by atoms with Crippen LogP contribution in [0.5, 0.6) is 0 Å². The molecule has 32 heavy (non-hydrogen) atoms. The van der Waals surface area contributed by atoms with Crippen molar-refractivity contribution in [2.24, 2.45) is 12.0 Å². The summed E-state index contributed by atoms with van der Waals surface area (Å²) in [7, 11) is 1.98. The van der Waals surface area contributed by atoms with Gasteiger partial charge < -0.3 is 19.9 Å². The molecule has 2 atom stereocenters. The standard InChI is InChI=1S/C24H36N6O.HI/c1-18(20-10-6-4-7-11-20)26-23(25-17-22-29-28-19(2)30(22)3)27-21-12-15-31-24(16-21)13-8-5-9-14-24;/h4,6-7,10-11,18,21H,5,8-9,12-17H2,1-3H3,(H2,25,26,27);1H. The van der Waals surface area contributed by atoms with Crippen LogP contribution in [0.4, 0.5) is 0 Å². The molecule has 2 heterocycles. The summed E-state index contributed by atoms with van der Waals surface area (Å²) < 4.78 is 8.29. The van der Waals surface area contributed by atoms with Crippen molar-refractivity contribution in [1.29, 1.82) is 0 Å². The Balaban J connectivity index is 0.00000289. The first kappa shape index (κ1) is 25.0. The maximum atomic E-state index is 6.29. The van der Waals surface area contributed by atoms with Crippen LogP contribution in [0.2, 0.25) is 0 Å². The van der Waals surface area contributed by atoms with E-state index in [4.69, 9.17) is 9.73 Å². The van der Waals surface area contributed by atoms with Crippen molar-refractivity contribution in [2.45, 2.75) is 83.0 Å². The van der Waals surface area contributed by atoms with Crippen molar-refractivity contribution in [1.82, 2.24) is 25.4 Å². The summed E-state index contributed by atoms with van der Waals surface area (Å²) in [4.78, 5) is 4.89. The number of hydrogen-bond acceptors (Lipinski definition) is 4. The minimum Gasteiger partial charge on any atom is -0.375 e. The number of nitrogens with zero attached hydrogens (tertiary/aromatic N) is 4. The van der Waals surface area contributed by atoms with Gasteiger partial charge in [-0.25, -0.2) is 4.99 Å². The van der Waals surface area contributed by atoms with Crippen LogP contribution in [0.3, 0.4) is 0 Å². The molecule has 1 saturated carbocycles. The first-order valence-electron chi connectivity index (χ1n) is 11.7. The van der Waals surface area contributed by atoms with Crippen LogP contribution in [0.25, 0.3) is 0 Å². The summed E-state index contributed by atoms with van der Waals surface area (Å²) in [6.07, 6.45) is 8.32. The summed E-state index contributed by atoms with van der Waals surface area (Å²) in [5.41, 5.74) is 1.30. The van der Waals surface area contributed by atoms with Crippen molar-refractivity contribution in [3.05, 3.63) is 47.5 Å². The van der Waals surface area contributed by atoms with Gasteiger partial charge in [0.1, 0.15) is 12.4 Å². The summed E-state index contributed by atoms with van der Waals surface area (Å²) in [6.45, 7) is 5.44. The third-order valence-corrected chi connectivity index (χ3v) is 6.81. The largest absolute Gasteiger partial charge is 0.375 e. The predicted octanol–water partition coefficient (Wildman–Crippen LogP) is 4.42. The lowest BCUT2D eigenvalue weighted by Gasteiger charge is -2.44. The molecule has 4 rings (SSSR count). The lowest BCUT2D eigenvalue weighted by molar-refractivity contribution is -0.107. The average molecular weight is 553 g/mol. The van der Waals surface area contributed by atoms with Gasteiger partial charge in [0.05, 0.1) is 11.6 Å². The van der Waals surface area contributed by atoms with Crippen LogP contribution < -0.4 is 10.6 Å². The second kappa shape index (κ2) is 11.4. The van der Waals surface area contributed by atoms with Crippen LogP contribution in [-0.4, -0.2) is 39.0 Å². The number of guanidine groups is 1. The molecule has 1 saturated heterocycles. The summed E-state index contributed by atoms with van der Waals surface area (Å²) >= 11 is 0. The fraction of sp³-hybridized carbons (Fsp3) is 0.625. The van der Waals surface area contributed by atoms with E-state index < -0.39 is 0 Å². The second-order valence-electron chi connectivity index (χ2n) is 9.09. The van der Waals surface area contributed by atoms with Crippen LogP contribution in [0.1, 0.15) is 75.1 Å². The van der Waals surface area contributed by atoms with Gasteiger partial charge in [-0.1, -0.05) is 49.6 Å². The minimum absolute atomic E-state index is 0. The van der Waals surface area contributed by atoms with E-state index in [1.165, 1.54) is 37.7 Å². The van der Waals surface area contributed by atoms with E-state index in [-0.39, 0.29) is 35.6 Å². The maximum absolute atomic E-state index is 6.29. The molecule has 2 aromatic rings. The van der Waals surface area contributed by atoms with E-state index in [0.29, 0.717) is 12.6 Å². The molecule has 1 spiro atoms. The van der Waals surface area contributed by atoms with E-state index in [1.807, 2.05) is 24.6 Å². The predicted molar refractivity (Wildman–Crippen MR) is 138 cm³/mol. The molecular formula is C24H37IN6O. The highest BCUT2D eigenvalue weighted by molar-refractivity contribution is 14.0. The molecule has 1 aromatic carbocycles. The van der Waals surface area contributed by atoms with Gasteiger partial charge in [-0.15, -0.1) is 34.2 Å². The lowest BCUT2D eigenvalue weighted by Crippen LogP contribution is -2.52. The normalized spacial score (nSPS) is 21.6. The Labute approximate surface area is 208 Å². The van der Waals surface area contributed by atoms with Crippen molar-refractivity contribution in [3.63, 3.8) is 0 Å². The maximum Gasteiger partial charge on any atom is 0.192 e. The molecular weight excluding hydrogens is 515 g/mol. The molecule has 2 unspecified atom stereocenters. The number of hydrogen-bond donors (Lipinski definition) is 2. The van der Waals surface area contributed by atoms with Crippen LogP contribution >= 0.6 is 24.0 Å². The highest BCUT2D eigenvalue weighted by Crippen LogP contribution is 2.38. The second-order valence-corrected chi connectivity index (χ2v) is 9.09. The molecule has 7 nitrogen and oxygen atoms in total. The Morgan fingerprint density at radius 2 is 1.97 bits per heavy atom. The quantitative estimate of drug-likeness (QED) is 0.327. The number of rotatable bonds is 5. The Kier molecular flexibility index (Phi) is 8.93. The fourth-order valence-electron chi connectivity index (χ4n) is 4.79. The zero-order valence-corrected chi connectivity index (χ0v) is 21.8. The molecule has 2 N–H and O–H groups in total. The van der Waals surface area contributed by atoms with Crippen LogP contribution in [0.15, 0.2) is 35.3 Å². The molecule has 1 aromatic heterocycles. The van der Waals surface area contributed by atoms with Crippen LogP contribution in [-0.2, 0) is 18.3 Å². The van der Waals surface area contributed by atoms with E-state index in [1.54, 1.807) is 0 Å². The van der Waals surface area contributed by atoms with Gasteiger partial charge >= 0.3 is 0 Å². The number of nitrogens with one attached hydrogen (secondary N) is 2. The van der Waals surface area contributed by atoms with Gasteiger partial charge in [0.15, 0.2) is 11.8 Å². The van der Waals surface area contributed by atoms with Gasteiger partial charge in [-0.2, -0.15) is 0 Å². The van der Waals surface area contributed by atoms with Gasteiger partial charge in [0.2, 0.25) is 0 Å². The SMILES string of the molecule is Cc1nnc(CN=C(NC2CCOC3(CCCCC3)C2)NC(C)c2ccccc2)n1C.I. The van der Waals surface area contributed by atoms with Crippen molar-refractivity contribution < 1.29 is 4.74 Å². The first-order chi connectivity index (χ1) is 15.0. The zero-order valence-electron chi connectivity index (χ0n) is 19.5. The van der Waals surface area contributed by atoms with Gasteiger partial charge in [0, 0.05) is 19.7 Å². The number of aliphatic imine (C=N–C) groups is 1. The van der Waals surface area contributed by atoms with E-state index in [9.17, 15) is 0 Å². The van der Waals surface area contributed by atoms with Crippen molar-refractivity contribution in [3.8, 4) is 0 Å². The number of benzene rings is 1. The smallest absolute Gasteiger partial charge is 0.192 e. The topological polar surface area (TPSA) is 76.4 Å². The number of ether oxygens (including phenoxy) is 1. The molecule has 0 amide bonds. The van der Waals surface area contributed by atoms with Gasteiger partial charge in [-0.3, -0.25) is 0 Å². The Hall–Kier alpha value is -1.68. The highest BCUT2D eigenvalue weighted by Gasteiger charge is 2.38. The first-order valence-corrected chi connectivity index (χ1v) is 11.7. The van der Waals surface area contributed by atoms with Crippen molar-refractivity contribution in [2.75, 3.05) is 6.61 Å². The molecule has 1 aliphatic heterocycles. The molecule has 2 fully saturated rings. The molecule has 0 radical (unpaired) electrons. The third kappa shape index (κ3) is 6.21. The Bertz CT molecular complexity index is 872. The summed E-state index contributed by atoms with van der Waals surface area (Å²) in [5, 5.41) is 15.8. The number of aromatic nitrogens is 3. The highest BCUT2D eigenvalue weighted by atomic mass is 127. The monoisotopic (exact) mass is 552 g/mol. The third-order valence-electron chi connectivity index (χ3n) is 6.81. The van der Waals surface area contributed by atoms with Gasteiger partial charge in [-0.05, 0) is 45.1 Å². The van der Waals surface area contributed by atoms with E-state index >= 15 is 0 Å². The molecule has 2 aliphatic rings. The lowest BCUT2D eigenvalue weighted by atomic mass is 9.78.